The maximum Gasteiger partial charge on any atom is 0.243 e. The number of tetrazole rings is 1. The van der Waals surface area contributed by atoms with Crippen molar-refractivity contribution in [2.24, 2.45) is 0 Å². The zero-order valence-corrected chi connectivity index (χ0v) is 17.1. The summed E-state index contributed by atoms with van der Waals surface area (Å²) in [5.41, 5.74) is 1.69. The summed E-state index contributed by atoms with van der Waals surface area (Å²) in [6.45, 7) is 5.97. The summed E-state index contributed by atoms with van der Waals surface area (Å²) in [6, 6.07) is 9.92. The molecule has 9 heteroatoms. The van der Waals surface area contributed by atoms with Crippen LogP contribution in [-0.4, -0.2) is 26.8 Å². The van der Waals surface area contributed by atoms with E-state index in [4.69, 9.17) is 21.1 Å². The Labute approximate surface area is 173 Å². The molecular weight excluding hydrogens is 397 g/mol. The topological polar surface area (TPSA) is 74.1 Å². The molecule has 154 valence electrons. The molecule has 0 atom stereocenters. The van der Waals surface area contributed by atoms with Gasteiger partial charge in [0.2, 0.25) is 5.95 Å². The molecule has 0 aliphatic rings. The molecule has 0 fully saturated rings. The second-order valence-corrected chi connectivity index (χ2v) is 6.72. The van der Waals surface area contributed by atoms with E-state index in [-0.39, 0.29) is 12.4 Å². The zero-order chi connectivity index (χ0) is 20.6. The largest absolute Gasteiger partial charge is 0.490 e. The first-order chi connectivity index (χ1) is 14.1. The Morgan fingerprint density at radius 3 is 2.72 bits per heavy atom. The van der Waals surface area contributed by atoms with Crippen molar-refractivity contribution in [3.05, 3.63) is 58.4 Å². The zero-order valence-electron chi connectivity index (χ0n) is 16.4. The molecule has 3 aromatic rings. The number of ether oxygens (including phenoxy) is 2. The second kappa shape index (κ2) is 10.1. The van der Waals surface area contributed by atoms with Crippen molar-refractivity contribution in [3.8, 4) is 11.5 Å². The van der Waals surface area contributed by atoms with E-state index in [2.05, 4.69) is 27.8 Å². The number of aromatic nitrogens is 4. The van der Waals surface area contributed by atoms with Crippen LogP contribution in [0.5, 0.6) is 11.5 Å². The molecule has 29 heavy (non-hydrogen) atoms. The summed E-state index contributed by atoms with van der Waals surface area (Å²) in [7, 11) is 0. The van der Waals surface area contributed by atoms with Gasteiger partial charge < -0.3 is 14.8 Å². The van der Waals surface area contributed by atoms with Gasteiger partial charge in [-0.1, -0.05) is 35.8 Å². The van der Waals surface area contributed by atoms with Crippen LogP contribution in [-0.2, 0) is 19.7 Å². The minimum Gasteiger partial charge on any atom is -0.490 e. The van der Waals surface area contributed by atoms with E-state index in [1.807, 2.05) is 25.1 Å². The third-order valence-corrected chi connectivity index (χ3v) is 4.48. The van der Waals surface area contributed by atoms with Crippen LogP contribution in [0.2, 0.25) is 5.02 Å². The van der Waals surface area contributed by atoms with Gasteiger partial charge in [-0.15, -0.1) is 0 Å². The number of hydrogen-bond donors (Lipinski definition) is 1. The van der Waals surface area contributed by atoms with Crippen LogP contribution in [0.3, 0.4) is 0 Å². The Morgan fingerprint density at radius 1 is 1.10 bits per heavy atom. The lowest BCUT2D eigenvalue weighted by molar-refractivity contribution is 0.269. The molecule has 0 aliphatic carbocycles. The minimum absolute atomic E-state index is 0.211. The van der Waals surface area contributed by atoms with E-state index in [1.165, 1.54) is 12.1 Å². The van der Waals surface area contributed by atoms with Gasteiger partial charge in [-0.3, -0.25) is 0 Å². The number of rotatable bonds is 10. The SMILES string of the molecule is CCCn1nnnc1NCc1ccc(OCc2ccc(F)cc2Cl)c(OCC)c1. The molecule has 0 aliphatic heterocycles. The van der Waals surface area contributed by atoms with Crippen LogP contribution in [0.25, 0.3) is 0 Å². The smallest absolute Gasteiger partial charge is 0.243 e. The summed E-state index contributed by atoms with van der Waals surface area (Å²) >= 11 is 6.07. The number of aryl methyl sites for hydroxylation is 1. The number of benzene rings is 2. The first-order valence-corrected chi connectivity index (χ1v) is 9.81. The maximum atomic E-state index is 13.2. The highest BCUT2D eigenvalue weighted by molar-refractivity contribution is 6.31. The first kappa shape index (κ1) is 20.9. The van der Waals surface area contributed by atoms with Crippen molar-refractivity contribution in [2.75, 3.05) is 11.9 Å². The molecule has 0 amide bonds. The standard InChI is InChI=1S/C20H23ClFN5O2/c1-3-9-27-20(24-25-26-27)23-12-14-5-8-18(19(10-14)28-4-2)29-13-15-6-7-16(22)11-17(15)21/h5-8,10-11H,3-4,9,12-13H2,1-2H3,(H,23,24,26). The number of nitrogens with zero attached hydrogens (tertiary/aromatic N) is 4. The van der Waals surface area contributed by atoms with Crippen molar-refractivity contribution < 1.29 is 13.9 Å². The van der Waals surface area contributed by atoms with Crippen LogP contribution in [0, 0.1) is 5.82 Å². The van der Waals surface area contributed by atoms with E-state index in [1.54, 1.807) is 10.7 Å². The number of nitrogens with one attached hydrogen (secondary N) is 1. The van der Waals surface area contributed by atoms with Gasteiger partial charge in [0.1, 0.15) is 12.4 Å². The van der Waals surface area contributed by atoms with E-state index in [9.17, 15) is 4.39 Å². The molecule has 1 N–H and O–H groups in total. The Balaban J connectivity index is 1.68. The van der Waals surface area contributed by atoms with Gasteiger partial charge >= 0.3 is 0 Å². The molecule has 0 saturated heterocycles. The van der Waals surface area contributed by atoms with Gasteiger partial charge in [0.05, 0.1) is 11.6 Å². The van der Waals surface area contributed by atoms with E-state index >= 15 is 0 Å². The van der Waals surface area contributed by atoms with Gasteiger partial charge in [0, 0.05) is 18.7 Å². The summed E-state index contributed by atoms with van der Waals surface area (Å²) in [5.74, 6) is 1.46. The van der Waals surface area contributed by atoms with Crippen LogP contribution in [0.1, 0.15) is 31.4 Å². The van der Waals surface area contributed by atoms with Crippen molar-refractivity contribution in [1.82, 2.24) is 20.2 Å². The number of hydrogen-bond acceptors (Lipinski definition) is 6. The monoisotopic (exact) mass is 419 g/mol. The molecule has 1 heterocycles. The molecule has 7 nitrogen and oxygen atoms in total. The molecule has 1 aromatic heterocycles. The predicted molar refractivity (Wildman–Crippen MR) is 109 cm³/mol. The normalized spacial score (nSPS) is 10.8. The fourth-order valence-corrected chi connectivity index (χ4v) is 2.94. The molecule has 0 unspecified atom stereocenters. The average molecular weight is 420 g/mol. The van der Waals surface area contributed by atoms with Crippen LogP contribution in [0.15, 0.2) is 36.4 Å². The molecule has 2 aromatic carbocycles. The third kappa shape index (κ3) is 5.57. The Hall–Kier alpha value is -2.87. The number of halogens is 2. The lowest BCUT2D eigenvalue weighted by Crippen LogP contribution is -2.09. The third-order valence-electron chi connectivity index (χ3n) is 4.12. The van der Waals surface area contributed by atoms with Gasteiger partial charge in [0.15, 0.2) is 11.5 Å². The lowest BCUT2D eigenvalue weighted by Gasteiger charge is -2.14. The van der Waals surface area contributed by atoms with Gasteiger partial charge in [0.25, 0.3) is 0 Å². The van der Waals surface area contributed by atoms with Crippen LogP contribution in [0.4, 0.5) is 10.3 Å². The lowest BCUT2D eigenvalue weighted by atomic mass is 10.2. The summed E-state index contributed by atoms with van der Waals surface area (Å²) in [4.78, 5) is 0. The molecule has 0 bridgehead atoms. The molecule has 0 saturated carbocycles. The second-order valence-electron chi connectivity index (χ2n) is 6.32. The average Bonchev–Trinajstić information content (AvgIpc) is 3.14. The van der Waals surface area contributed by atoms with Gasteiger partial charge in [-0.2, -0.15) is 0 Å². The number of anilines is 1. The van der Waals surface area contributed by atoms with E-state index < -0.39 is 0 Å². The Bertz CT molecular complexity index is 950. The highest BCUT2D eigenvalue weighted by Gasteiger charge is 2.10. The van der Waals surface area contributed by atoms with Crippen molar-refractivity contribution in [2.45, 2.75) is 40.0 Å². The first-order valence-electron chi connectivity index (χ1n) is 9.43. The highest BCUT2D eigenvalue weighted by atomic mass is 35.5. The highest BCUT2D eigenvalue weighted by Crippen LogP contribution is 2.30. The molecule has 0 spiro atoms. The fourth-order valence-electron chi connectivity index (χ4n) is 2.72. The molecular formula is C20H23ClFN5O2. The van der Waals surface area contributed by atoms with Crippen molar-refractivity contribution in [1.29, 1.82) is 0 Å². The minimum atomic E-state index is -0.379. The molecule has 0 radical (unpaired) electrons. The van der Waals surface area contributed by atoms with Gasteiger partial charge in [-0.05, 0) is 53.6 Å². The summed E-state index contributed by atoms with van der Waals surface area (Å²) in [5, 5.41) is 15.2. The predicted octanol–water partition coefficient (Wildman–Crippen LogP) is 4.47. The van der Waals surface area contributed by atoms with Crippen molar-refractivity contribution in [3.63, 3.8) is 0 Å². The Morgan fingerprint density at radius 2 is 1.97 bits per heavy atom. The summed E-state index contributed by atoms with van der Waals surface area (Å²) in [6.07, 6.45) is 0.943. The van der Waals surface area contributed by atoms with E-state index in [0.29, 0.717) is 41.2 Å². The van der Waals surface area contributed by atoms with Crippen molar-refractivity contribution >= 4 is 17.5 Å². The van der Waals surface area contributed by atoms with Crippen LogP contribution >= 0.6 is 11.6 Å². The van der Waals surface area contributed by atoms with E-state index in [0.717, 1.165) is 18.5 Å². The summed E-state index contributed by atoms with van der Waals surface area (Å²) < 4.78 is 26.5. The molecule has 3 rings (SSSR count). The fraction of sp³-hybridized carbons (Fsp3) is 0.350. The quantitative estimate of drug-likeness (QED) is 0.522. The van der Waals surface area contributed by atoms with Crippen LogP contribution < -0.4 is 14.8 Å². The maximum absolute atomic E-state index is 13.2. The van der Waals surface area contributed by atoms with Gasteiger partial charge in [-0.25, -0.2) is 9.07 Å². The Kier molecular flexibility index (Phi) is 7.24.